The Kier molecular flexibility index (Phi) is 8.47. The maximum absolute atomic E-state index is 13.0. The van der Waals surface area contributed by atoms with Gasteiger partial charge in [-0.2, -0.15) is 4.98 Å². The van der Waals surface area contributed by atoms with Gasteiger partial charge >= 0.3 is 13.6 Å². The molecule has 1 amide bonds. The molecule has 0 aliphatic carbocycles. The molecular weight excluding hydrogens is 551 g/mol. The van der Waals surface area contributed by atoms with E-state index in [1.807, 2.05) is 36.4 Å². The van der Waals surface area contributed by atoms with Crippen molar-refractivity contribution in [2.24, 2.45) is 0 Å². The third-order valence-corrected chi connectivity index (χ3v) is 8.49. The first-order valence-electron chi connectivity index (χ1n) is 12.9. The smallest absolute Gasteiger partial charge is 0.361 e. The van der Waals surface area contributed by atoms with Gasteiger partial charge in [0, 0.05) is 29.1 Å². The van der Waals surface area contributed by atoms with Gasteiger partial charge < -0.3 is 18.8 Å². The van der Waals surface area contributed by atoms with Crippen molar-refractivity contribution in [3.8, 4) is 17.3 Å². The summed E-state index contributed by atoms with van der Waals surface area (Å²) in [5, 5.41) is 3.92. The highest BCUT2D eigenvalue weighted by molar-refractivity contribution is 7.62. The summed E-state index contributed by atoms with van der Waals surface area (Å²) >= 11 is 6.10. The monoisotopic (exact) mass is 578 g/mol. The van der Waals surface area contributed by atoms with E-state index in [0.29, 0.717) is 39.9 Å². The third-order valence-electron chi connectivity index (χ3n) is 6.11. The van der Waals surface area contributed by atoms with Crippen molar-refractivity contribution >= 4 is 47.1 Å². The zero-order valence-electron chi connectivity index (χ0n) is 22.0. The summed E-state index contributed by atoms with van der Waals surface area (Å²) in [5.41, 5.74) is 3.69. The van der Waals surface area contributed by atoms with Crippen LogP contribution in [0.15, 0.2) is 83.5 Å². The van der Waals surface area contributed by atoms with E-state index in [-0.39, 0.29) is 25.5 Å². The van der Waals surface area contributed by atoms with Crippen LogP contribution in [0.1, 0.15) is 26.0 Å². The molecule has 0 saturated heterocycles. The molecule has 11 heteroatoms. The number of halogens is 1. The standard InChI is InChI=1S/C29H28ClN4O5P/c1-3-37-40(36,38-4-2)23-15-13-22(14-16-23)32-27(35)18-17-26-28(20-9-11-21(30)12-10-20)33-29(39-26)34-19-31-24-7-5-6-8-25(24)34/h5-16,19H,3-4,17-18H2,1-2H3,(H,32,35). The number of imidazole rings is 1. The minimum absolute atomic E-state index is 0.151. The molecule has 9 nitrogen and oxygen atoms in total. The fourth-order valence-corrected chi connectivity index (χ4v) is 5.95. The van der Waals surface area contributed by atoms with Crippen LogP contribution in [-0.4, -0.2) is 33.7 Å². The molecule has 3 aromatic carbocycles. The second-order valence-electron chi connectivity index (χ2n) is 8.81. The molecule has 2 heterocycles. The summed E-state index contributed by atoms with van der Waals surface area (Å²) in [4.78, 5) is 22.1. The Hall–Kier alpha value is -3.75. The van der Waals surface area contributed by atoms with Gasteiger partial charge in [-0.05, 0) is 62.4 Å². The first-order valence-corrected chi connectivity index (χ1v) is 14.8. The molecule has 0 aliphatic heterocycles. The fraction of sp³-hybridized carbons (Fsp3) is 0.207. The van der Waals surface area contributed by atoms with Gasteiger partial charge in [0.1, 0.15) is 17.8 Å². The van der Waals surface area contributed by atoms with Crippen molar-refractivity contribution in [2.45, 2.75) is 26.7 Å². The first kappa shape index (κ1) is 27.8. The van der Waals surface area contributed by atoms with Crippen LogP contribution in [0.3, 0.4) is 0 Å². The topological polar surface area (TPSA) is 108 Å². The largest absolute Gasteiger partial charge is 0.427 e. The molecule has 0 atom stereocenters. The predicted octanol–water partition coefficient (Wildman–Crippen LogP) is 6.80. The SMILES string of the molecule is CCOP(=O)(OCC)c1ccc(NC(=O)CCc2oc(-n3cnc4ccccc43)nc2-c2ccc(Cl)cc2)cc1. The summed E-state index contributed by atoms with van der Waals surface area (Å²) in [7, 11) is -3.40. The Morgan fingerprint density at radius 2 is 1.70 bits per heavy atom. The number of carbonyl (C=O) groups excluding carboxylic acids is 1. The van der Waals surface area contributed by atoms with E-state index >= 15 is 0 Å². The van der Waals surface area contributed by atoms with Gasteiger partial charge in [0.25, 0.3) is 0 Å². The molecule has 40 heavy (non-hydrogen) atoms. The number of benzene rings is 3. The van der Waals surface area contributed by atoms with Crippen molar-refractivity contribution in [2.75, 3.05) is 18.5 Å². The number of aromatic nitrogens is 3. The summed E-state index contributed by atoms with van der Waals surface area (Å²) < 4.78 is 31.7. The number of oxazole rings is 1. The van der Waals surface area contributed by atoms with Crippen molar-refractivity contribution in [3.05, 3.63) is 89.9 Å². The number of nitrogens with one attached hydrogen (secondary N) is 1. The molecule has 0 fully saturated rings. The molecular formula is C29H28ClN4O5P. The van der Waals surface area contributed by atoms with Gasteiger partial charge in [0.05, 0.1) is 29.6 Å². The van der Waals surface area contributed by atoms with Crippen LogP contribution in [0.2, 0.25) is 5.02 Å². The van der Waals surface area contributed by atoms with E-state index in [0.717, 1.165) is 16.6 Å². The van der Waals surface area contributed by atoms with Crippen LogP contribution < -0.4 is 10.6 Å². The Labute approximate surface area is 236 Å². The molecule has 0 bridgehead atoms. The summed E-state index contributed by atoms with van der Waals surface area (Å²) in [5.74, 6) is 0.355. The Balaban J connectivity index is 1.34. The van der Waals surface area contributed by atoms with Gasteiger partial charge in [-0.1, -0.05) is 35.9 Å². The summed E-state index contributed by atoms with van der Waals surface area (Å²) in [6, 6.07) is 22.0. The van der Waals surface area contributed by atoms with E-state index in [2.05, 4.69) is 10.3 Å². The van der Waals surface area contributed by atoms with E-state index in [9.17, 15) is 9.36 Å². The summed E-state index contributed by atoms with van der Waals surface area (Å²) in [6.07, 6.45) is 2.13. The van der Waals surface area contributed by atoms with E-state index in [1.54, 1.807) is 61.1 Å². The average Bonchev–Trinajstić information content (AvgIpc) is 3.57. The van der Waals surface area contributed by atoms with Crippen molar-refractivity contribution < 1.29 is 22.8 Å². The van der Waals surface area contributed by atoms with Crippen molar-refractivity contribution in [1.29, 1.82) is 0 Å². The fourth-order valence-electron chi connectivity index (χ4n) is 4.26. The molecule has 5 aromatic rings. The van der Waals surface area contributed by atoms with Gasteiger partial charge in [-0.25, -0.2) is 4.98 Å². The molecule has 2 aromatic heterocycles. The van der Waals surface area contributed by atoms with Crippen LogP contribution >= 0.6 is 19.2 Å². The average molecular weight is 579 g/mol. The van der Waals surface area contributed by atoms with Crippen LogP contribution in [-0.2, 0) is 24.8 Å². The Morgan fingerprint density at radius 1 is 1.00 bits per heavy atom. The van der Waals surface area contributed by atoms with E-state index < -0.39 is 7.60 Å². The number of rotatable bonds is 11. The highest BCUT2D eigenvalue weighted by Crippen LogP contribution is 2.46. The number of para-hydroxylation sites is 2. The lowest BCUT2D eigenvalue weighted by molar-refractivity contribution is -0.116. The second-order valence-corrected chi connectivity index (χ2v) is 11.3. The molecule has 206 valence electrons. The number of amides is 1. The van der Waals surface area contributed by atoms with Crippen LogP contribution in [0.25, 0.3) is 28.3 Å². The van der Waals surface area contributed by atoms with Crippen LogP contribution in [0.5, 0.6) is 0 Å². The number of anilines is 1. The lowest BCUT2D eigenvalue weighted by Crippen LogP contribution is -2.14. The highest BCUT2D eigenvalue weighted by atomic mass is 35.5. The van der Waals surface area contributed by atoms with E-state index in [4.69, 9.17) is 30.0 Å². The minimum atomic E-state index is -3.40. The number of hydrogen-bond donors (Lipinski definition) is 1. The lowest BCUT2D eigenvalue weighted by atomic mass is 10.1. The molecule has 0 spiro atoms. The molecule has 0 saturated carbocycles. The lowest BCUT2D eigenvalue weighted by Gasteiger charge is -2.17. The first-order chi connectivity index (χ1) is 19.4. The molecule has 0 aliphatic rings. The molecule has 1 N–H and O–H groups in total. The highest BCUT2D eigenvalue weighted by Gasteiger charge is 2.26. The van der Waals surface area contributed by atoms with Gasteiger partial charge in [-0.3, -0.25) is 13.9 Å². The number of carbonyl (C=O) groups is 1. The minimum Gasteiger partial charge on any atom is -0.427 e. The number of hydrogen-bond acceptors (Lipinski definition) is 7. The Bertz CT molecular complexity index is 1650. The third kappa shape index (κ3) is 6.03. The van der Waals surface area contributed by atoms with Crippen LogP contribution in [0.4, 0.5) is 5.69 Å². The number of nitrogens with zero attached hydrogens (tertiary/aromatic N) is 3. The van der Waals surface area contributed by atoms with Crippen molar-refractivity contribution in [3.63, 3.8) is 0 Å². The van der Waals surface area contributed by atoms with Crippen LogP contribution in [0, 0.1) is 0 Å². The quantitative estimate of drug-likeness (QED) is 0.172. The second kappa shape index (κ2) is 12.2. The van der Waals surface area contributed by atoms with Gasteiger partial charge in [0.2, 0.25) is 5.91 Å². The number of aryl methyl sites for hydroxylation is 1. The zero-order chi connectivity index (χ0) is 28.1. The van der Waals surface area contributed by atoms with Gasteiger partial charge in [0.15, 0.2) is 0 Å². The summed E-state index contributed by atoms with van der Waals surface area (Å²) in [6.45, 7) is 4.03. The molecule has 0 radical (unpaired) electrons. The van der Waals surface area contributed by atoms with E-state index in [1.165, 1.54) is 0 Å². The number of fused-ring (bicyclic) bond motifs is 1. The Morgan fingerprint density at radius 3 is 2.40 bits per heavy atom. The van der Waals surface area contributed by atoms with Crippen molar-refractivity contribution in [1.82, 2.24) is 14.5 Å². The maximum atomic E-state index is 13.0. The van der Waals surface area contributed by atoms with Gasteiger partial charge in [-0.15, -0.1) is 0 Å². The zero-order valence-corrected chi connectivity index (χ0v) is 23.7. The maximum Gasteiger partial charge on any atom is 0.361 e. The normalized spacial score (nSPS) is 11.7. The molecule has 0 unspecified atom stereocenters. The molecule has 5 rings (SSSR count). The predicted molar refractivity (Wildman–Crippen MR) is 155 cm³/mol.